The molecule has 3 rings (SSSR count). The van der Waals surface area contributed by atoms with E-state index in [1.807, 2.05) is 12.1 Å². The highest BCUT2D eigenvalue weighted by Gasteiger charge is 2.25. The number of hydrogen-bond donors (Lipinski definition) is 2. The molecular formula is C14H12N4O. The molecule has 1 atom stereocenters. The Balaban J connectivity index is 1.92. The van der Waals surface area contributed by atoms with Gasteiger partial charge in [-0.05, 0) is 37.1 Å². The number of nitrogens with zero attached hydrogens (tertiary/aromatic N) is 3. The number of rotatable bonds is 2. The minimum Gasteiger partial charge on any atom is -0.388 e. The molecule has 1 aliphatic rings. The predicted molar refractivity (Wildman–Crippen MR) is 69.8 cm³/mol. The maximum atomic E-state index is 9.96. The lowest BCUT2D eigenvalue weighted by molar-refractivity contribution is 0.180. The smallest absolute Gasteiger partial charge is 0.139 e. The minimum absolute atomic E-state index is 0.503. The third-order valence-corrected chi connectivity index (χ3v) is 3.23. The van der Waals surface area contributed by atoms with Crippen molar-refractivity contribution in [1.82, 2.24) is 9.97 Å². The van der Waals surface area contributed by atoms with Crippen LogP contribution in [-0.2, 0) is 6.42 Å². The van der Waals surface area contributed by atoms with E-state index in [-0.39, 0.29) is 0 Å². The first-order valence-corrected chi connectivity index (χ1v) is 6.07. The molecular weight excluding hydrogens is 240 g/mol. The molecule has 94 valence electrons. The second kappa shape index (κ2) is 4.67. The maximum absolute atomic E-state index is 9.96. The van der Waals surface area contributed by atoms with Crippen molar-refractivity contribution in [1.29, 1.82) is 5.26 Å². The van der Waals surface area contributed by atoms with Crippen LogP contribution in [0.25, 0.3) is 0 Å². The fourth-order valence-electron chi connectivity index (χ4n) is 2.26. The summed E-state index contributed by atoms with van der Waals surface area (Å²) in [5.74, 6) is 0.639. The lowest BCUT2D eigenvalue weighted by atomic mass is 10.2. The van der Waals surface area contributed by atoms with E-state index in [2.05, 4.69) is 21.4 Å². The van der Waals surface area contributed by atoms with Crippen molar-refractivity contribution >= 4 is 11.5 Å². The molecule has 0 fully saturated rings. The SMILES string of the molecule is N#Cc1ccc(Nc2ncnc3c2C(O)CC3)cc1. The van der Waals surface area contributed by atoms with Gasteiger partial charge in [-0.15, -0.1) is 0 Å². The maximum Gasteiger partial charge on any atom is 0.139 e. The molecule has 0 saturated heterocycles. The summed E-state index contributed by atoms with van der Waals surface area (Å²) in [6, 6.07) is 9.17. The molecule has 0 radical (unpaired) electrons. The van der Waals surface area contributed by atoms with E-state index in [9.17, 15) is 5.11 Å². The van der Waals surface area contributed by atoms with E-state index in [0.717, 1.165) is 23.4 Å². The zero-order valence-corrected chi connectivity index (χ0v) is 10.2. The number of anilines is 2. The Morgan fingerprint density at radius 3 is 2.79 bits per heavy atom. The van der Waals surface area contributed by atoms with Gasteiger partial charge in [0.05, 0.1) is 23.4 Å². The first kappa shape index (κ1) is 11.6. The predicted octanol–water partition coefficient (Wildman–Crippen LogP) is 2.07. The summed E-state index contributed by atoms with van der Waals surface area (Å²) in [5, 5.41) is 21.9. The number of nitrogens with one attached hydrogen (secondary N) is 1. The topological polar surface area (TPSA) is 81.8 Å². The molecule has 1 aromatic carbocycles. The van der Waals surface area contributed by atoms with Gasteiger partial charge in [0.15, 0.2) is 0 Å². The Labute approximate surface area is 110 Å². The highest BCUT2D eigenvalue weighted by atomic mass is 16.3. The van der Waals surface area contributed by atoms with Gasteiger partial charge in [-0.2, -0.15) is 5.26 Å². The highest BCUT2D eigenvalue weighted by Crippen LogP contribution is 2.34. The van der Waals surface area contributed by atoms with Crippen LogP contribution < -0.4 is 5.32 Å². The average Bonchev–Trinajstić information content (AvgIpc) is 2.83. The van der Waals surface area contributed by atoms with Crippen LogP contribution in [0.4, 0.5) is 11.5 Å². The van der Waals surface area contributed by atoms with Crippen LogP contribution in [-0.4, -0.2) is 15.1 Å². The fraction of sp³-hybridized carbons (Fsp3) is 0.214. The van der Waals surface area contributed by atoms with Crippen LogP contribution in [0, 0.1) is 11.3 Å². The van der Waals surface area contributed by atoms with Crippen LogP contribution in [0.1, 0.15) is 29.3 Å². The van der Waals surface area contributed by atoms with Crippen molar-refractivity contribution < 1.29 is 5.11 Å². The monoisotopic (exact) mass is 252 g/mol. The minimum atomic E-state index is -0.503. The molecule has 1 unspecified atom stereocenters. The largest absolute Gasteiger partial charge is 0.388 e. The number of aliphatic hydroxyl groups is 1. The fourth-order valence-corrected chi connectivity index (χ4v) is 2.26. The molecule has 19 heavy (non-hydrogen) atoms. The van der Waals surface area contributed by atoms with E-state index in [1.165, 1.54) is 6.33 Å². The molecule has 2 aromatic rings. The summed E-state index contributed by atoms with van der Waals surface area (Å²) in [4.78, 5) is 8.38. The van der Waals surface area contributed by atoms with Crippen molar-refractivity contribution in [2.24, 2.45) is 0 Å². The molecule has 0 spiro atoms. The zero-order chi connectivity index (χ0) is 13.2. The second-order valence-corrected chi connectivity index (χ2v) is 4.45. The van der Waals surface area contributed by atoms with E-state index in [4.69, 9.17) is 5.26 Å². The average molecular weight is 252 g/mol. The summed E-state index contributed by atoms with van der Waals surface area (Å²) < 4.78 is 0. The normalized spacial score (nSPS) is 16.7. The molecule has 1 heterocycles. The van der Waals surface area contributed by atoms with Crippen molar-refractivity contribution in [3.05, 3.63) is 47.4 Å². The van der Waals surface area contributed by atoms with Gasteiger partial charge in [-0.3, -0.25) is 0 Å². The molecule has 5 nitrogen and oxygen atoms in total. The summed E-state index contributed by atoms with van der Waals surface area (Å²) in [7, 11) is 0. The third kappa shape index (κ3) is 2.14. The second-order valence-electron chi connectivity index (χ2n) is 4.45. The number of fused-ring (bicyclic) bond motifs is 1. The first-order chi connectivity index (χ1) is 9.28. The Morgan fingerprint density at radius 1 is 1.26 bits per heavy atom. The standard InChI is InChI=1S/C14H12N4O/c15-7-9-1-3-10(4-2-9)18-14-13-11(16-8-17-14)5-6-12(13)19/h1-4,8,12,19H,5-6H2,(H,16,17,18). The molecule has 1 aromatic heterocycles. The van der Waals surface area contributed by atoms with Crippen molar-refractivity contribution in [3.8, 4) is 6.07 Å². The first-order valence-electron chi connectivity index (χ1n) is 6.07. The number of hydrogen-bond acceptors (Lipinski definition) is 5. The lowest BCUT2D eigenvalue weighted by Crippen LogP contribution is -2.03. The molecule has 2 N–H and O–H groups in total. The molecule has 0 saturated carbocycles. The Bertz CT molecular complexity index is 645. The van der Waals surface area contributed by atoms with Crippen LogP contribution in [0.5, 0.6) is 0 Å². The molecule has 0 bridgehead atoms. The van der Waals surface area contributed by atoms with Gasteiger partial charge in [0.1, 0.15) is 12.1 Å². The van der Waals surface area contributed by atoms with Crippen LogP contribution >= 0.6 is 0 Å². The van der Waals surface area contributed by atoms with Crippen molar-refractivity contribution in [2.75, 3.05) is 5.32 Å². The quantitative estimate of drug-likeness (QED) is 0.855. The number of benzene rings is 1. The van der Waals surface area contributed by atoms with E-state index in [1.54, 1.807) is 12.1 Å². The summed E-state index contributed by atoms with van der Waals surface area (Å²) >= 11 is 0. The van der Waals surface area contributed by atoms with Crippen LogP contribution in [0.3, 0.4) is 0 Å². The summed E-state index contributed by atoms with van der Waals surface area (Å²) in [6.07, 6.45) is 2.47. The van der Waals surface area contributed by atoms with Crippen molar-refractivity contribution in [3.63, 3.8) is 0 Å². The molecule has 1 aliphatic carbocycles. The third-order valence-electron chi connectivity index (χ3n) is 3.23. The molecule has 0 amide bonds. The van der Waals surface area contributed by atoms with Gasteiger partial charge in [0.25, 0.3) is 0 Å². The highest BCUT2D eigenvalue weighted by molar-refractivity contribution is 5.62. The Kier molecular flexibility index (Phi) is 2.86. The number of aryl methyl sites for hydroxylation is 1. The van der Waals surface area contributed by atoms with Crippen molar-refractivity contribution in [2.45, 2.75) is 18.9 Å². The molecule has 0 aliphatic heterocycles. The van der Waals surface area contributed by atoms with Crippen LogP contribution in [0.2, 0.25) is 0 Å². The van der Waals surface area contributed by atoms with E-state index >= 15 is 0 Å². The van der Waals surface area contributed by atoms with Gasteiger partial charge in [0.2, 0.25) is 0 Å². The number of nitriles is 1. The van der Waals surface area contributed by atoms with Gasteiger partial charge in [0, 0.05) is 11.3 Å². The molecule has 5 heteroatoms. The van der Waals surface area contributed by atoms with E-state index in [0.29, 0.717) is 17.8 Å². The zero-order valence-electron chi connectivity index (χ0n) is 10.2. The summed E-state index contributed by atoms with van der Waals surface area (Å²) in [6.45, 7) is 0. The van der Waals surface area contributed by atoms with Gasteiger partial charge in [-0.1, -0.05) is 0 Å². The van der Waals surface area contributed by atoms with Crippen LogP contribution in [0.15, 0.2) is 30.6 Å². The number of aromatic nitrogens is 2. The van der Waals surface area contributed by atoms with E-state index < -0.39 is 6.10 Å². The Morgan fingerprint density at radius 2 is 2.05 bits per heavy atom. The lowest BCUT2D eigenvalue weighted by Gasteiger charge is -2.11. The Hall–Kier alpha value is -2.45. The van der Waals surface area contributed by atoms with Gasteiger partial charge in [-0.25, -0.2) is 9.97 Å². The van der Waals surface area contributed by atoms with Gasteiger partial charge < -0.3 is 10.4 Å². The van der Waals surface area contributed by atoms with Gasteiger partial charge >= 0.3 is 0 Å². The summed E-state index contributed by atoms with van der Waals surface area (Å²) in [5.41, 5.74) is 3.13. The number of aliphatic hydroxyl groups excluding tert-OH is 1.